The Balaban J connectivity index is 1.81. The van der Waals surface area contributed by atoms with Crippen molar-refractivity contribution >= 4 is 0 Å². The molecule has 2 heterocycles. The average molecular weight is 272 g/mol. The van der Waals surface area contributed by atoms with Gasteiger partial charge in [0.25, 0.3) is 0 Å². The zero-order valence-corrected chi connectivity index (χ0v) is 12.9. The lowest BCUT2D eigenvalue weighted by Gasteiger charge is -2.50. The van der Waals surface area contributed by atoms with E-state index >= 15 is 0 Å². The maximum Gasteiger partial charge on any atom is 0.0237 e. The fourth-order valence-corrected chi connectivity index (χ4v) is 4.66. The molecule has 20 heavy (non-hydrogen) atoms. The molecule has 1 aromatic rings. The predicted molar refractivity (Wildman–Crippen MR) is 84.6 cm³/mol. The minimum atomic E-state index is 0.529. The maximum absolute atomic E-state index is 3.63. The van der Waals surface area contributed by atoms with Gasteiger partial charge in [-0.05, 0) is 49.2 Å². The van der Waals surface area contributed by atoms with Crippen LogP contribution in [-0.2, 0) is 6.54 Å². The fourth-order valence-electron chi connectivity index (χ4n) is 4.66. The molecule has 0 aliphatic carbocycles. The average Bonchev–Trinajstić information content (AvgIpc) is 2.88. The first-order valence-corrected chi connectivity index (χ1v) is 8.20. The SMILES string of the molecule is CC(C)C1N(Cc2ccccc2)CCCC12CCNC2. The van der Waals surface area contributed by atoms with Crippen molar-refractivity contribution < 1.29 is 0 Å². The quantitative estimate of drug-likeness (QED) is 0.908. The number of rotatable bonds is 3. The smallest absolute Gasteiger partial charge is 0.0237 e. The minimum Gasteiger partial charge on any atom is -0.316 e. The number of benzene rings is 1. The van der Waals surface area contributed by atoms with Gasteiger partial charge in [0.15, 0.2) is 0 Å². The number of piperidine rings is 1. The normalized spacial score (nSPS) is 31.2. The molecule has 1 aromatic carbocycles. The summed E-state index contributed by atoms with van der Waals surface area (Å²) in [7, 11) is 0. The van der Waals surface area contributed by atoms with Crippen LogP contribution in [0.2, 0.25) is 0 Å². The van der Waals surface area contributed by atoms with Crippen molar-refractivity contribution in [3.8, 4) is 0 Å². The standard InChI is InChI=1S/C18H28N2/c1-15(2)17-18(10-11-19-14-18)9-6-12-20(17)13-16-7-4-3-5-8-16/h3-5,7-8,15,17,19H,6,9-14H2,1-2H3. The summed E-state index contributed by atoms with van der Waals surface area (Å²) in [5.41, 5.74) is 1.99. The molecule has 0 saturated carbocycles. The summed E-state index contributed by atoms with van der Waals surface area (Å²) in [6, 6.07) is 11.7. The van der Waals surface area contributed by atoms with Gasteiger partial charge >= 0.3 is 0 Å². The second-order valence-electron chi connectivity index (χ2n) is 7.04. The van der Waals surface area contributed by atoms with Crippen LogP contribution in [0.25, 0.3) is 0 Å². The van der Waals surface area contributed by atoms with Crippen LogP contribution >= 0.6 is 0 Å². The molecule has 0 aromatic heterocycles. The van der Waals surface area contributed by atoms with Gasteiger partial charge in [-0.2, -0.15) is 0 Å². The molecule has 3 rings (SSSR count). The lowest BCUT2D eigenvalue weighted by molar-refractivity contribution is -0.00752. The van der Waals surface area contributed by atoms with Crippen LogP contribution in [0.3, 0.4) is 0 Å². The van der Waals surface area contributed by atoms with E-state index < -0.39 is 0 Å². The molecule has 2 unspecified atom stereocenters. The van der Waals surface area contributed by atoms with Gasteiger partial charge in [-0.1, -0.05) is 44.2 Å². The number of hydrogen-bond donors (Lipinski definition) is 1. The lowest BCUT2D eigenvalue weighted by Crippen LogP contribution is -2.55. The van der Waals surface area contributed by atoms with Gasteiger partial charge in [-0.3, -0.25) is 4.90 Å². The van der Waals surface area contributed by atoms with E-state index in [-0.39, 0.29) is 0 Å². The Labute approximate surface area is 123 Å². The van der Waals surface area contributed by atoms with Crippen LogP contribution in [0.4, 0.5) is 0 Å². The summed E-state index contributed by atoms with van der Waals surface area (Å²) in [5, 5.41) is 3.63. The molecule has 0 bridgehead atoms. The van der Waals surface area contributed by atoms with E-state index in [1.807, 2.05) is 0 Å². The van der Waals surface area contributed by atoms with E-state index in [0.717, 1.165) is 18.5 Å². The first-order valence-electron chi connectivity index (χ1n) is 8.20. The van der Waals surface area contributed by atoms with E-state index in [0.29, 0.717) is 5.41 Å². The molecular weight excluding hydrogens is 244 g/mol. The maximum atomic E-state index is 3.63. The molecule has 1 spiro atoms. The third-order valence-corrected chi connectivity index (χ3v) is 5.28. The van der Waals surface area contributed by atoms with Gasteiger partial charge in [0.05, 0.1) is 0 Å². The first-order chi connectivity index (χ1) is 9.71. The Kier molecular flexibility index (Phi) is 4.13. The Hall–Kier alpha value is -0.860. The highest BCUT2D eigenvalue weighted by atomic mass is 15.2. The number of likely N-dealkylation sites (tertiary alicyclic amines) is 1. The van der Waals surface area contributed by atoms with Crippen molar-refractivity contribution in [3.63, 3.8) is 0 Å². The summed E-state index contributed by atoms with van der Waals surface area (Å²) < 4.78 is 0. The predicted octanol–water partition coefficient (Wildman–Crippen LogP) is 3.29. The lowest BCUT2D eigenvalue weighted by atomic mass is 9.68. The molecule has 2 nitrogen and oxygen atoms in total. The molecule has 0 amide bonds. The molecule has 2 aliphatic rings. The molecule has 2 aliphatic heterocycles. The molecular formula is C18H28N2. The molecule has 1 N–H and O–H groups in total. The second kappa shape index (κ2) is 5.87. The van der Waals surface area contributed by atoms with Gasteiger partial charge in [-0.25, -0.2) is 0 Å². The highest BCUT2D eigenvalue weighted by molar-refractivity contribution is 5.15. The molecule has 2 fully saturated rings. The topological polar surface area (TPSA) is 15.3 Å². The van der Waals surface area contributed by atoms with Gasteiger partial charge in [0.2, 0.25) is 0 Å². The summed E-state index contributed by atoms with van der Waals surface area (Å²) in [5.74, 6) is 0.735. The number of hydrogen-bond acceptors (Lipinski definition) is 2. The monoisotopic (exact) mass is 272 g/mol. The molecule has 110 valence electrons. The summed E-state index contributed by atoms with van der Waals surface area (Å²) in [4.78, 5) is 2.76. The van der Waals surface area contributed by atoms with Crippen LogP contribution in [0, 0.1) is 11.3 Å². The molecule has 0 radical (unpaired) electrons. The minimum absolute atomic E-state index is 0.529. The van der Waals surface area contributed by atoms with E-state index in [2.05, 4.69) is 54.4 Å². The van der Waals surface area contributed by atoms with Crippen LogP contribution in [0.5, 0.6) is 0 Å². The van der Waals surface area contributed by atoms with Gasteiger partial charge in [-0.15, -0.1) is 0 Å². The van der Waals surface area contributed by atoms with Crippen LogP contribution < -0.4 is 5.32 Å². The van der Waals surface area contributed by atoms with Crippen molar-refractivity contribution in [1.29, 1.82) is 0 Å². The fraction of sp³-hybridized carbons (Fsp3) is 0.667. The zero-order chi connectivity index (χ0) is 14.0. The van der Waals surface area contributed by atoms with Crippen molar-refractivity contribution in [2.24, 2.45) is 11.3 Å². The van der Waals surface area contributed by atoms with Gasteiger partial charge in [0, 0.05) is 19.1 Å². The first kappa shape index (κ1) is 14.1. The van der Waals surface area contributed by atoms with E-state index in [1.54, 1.807) is 0 Å². The number of nitrogens with zero attached hydrogens (tertiary/aromatic N) is 1. The van der Waals surface area contributed by atoms with Crippen molar-refractivity contribution in [3.05, 3.63) is 35.9 Å². The molecule has 2 atom stereocenters. The van der Waals surface area contributed by atoms with Crippen molar-refractivity contribution in [2.75, 3.05) is 19.6 Å². The second-order valence-corrected chi connectivity index (χ2v) is 7.04. The highest BCUT2D eigenvalue weighted by Gasteiger charge is 2.47. The van der Waals surface area contributed by atoms with Crippen molar-refractivity contribution in [1.82, 2.24) is 10.2 Å². The van der Waals surface area contributed by atoms with Crippen LogP contribution in [0.15, 0.2) is 30.3 Å². The van der Waals surface area contributed by atoms with E-state index in [1.165, 1.54) is 44.5 Å². The van der Waals surface area contributed by atoms with Crippen molar-refractivity contribution in [2.45, 2.75) is 45.7 Å². The molecule has 2 heteroatoms. The Morgan fingerprint density at radius 1 is 1.25 bits per heavy atom. The Bertz CT molecular complexity index is 420. The largest absolute Gasteiger partial charge is 0.316 e. The zero-order valence-electron chi connectivity index (χ0n) is 12.9. The van der Waals surface area contributed by atoms with Crippen LogP contribution in [0.1, 0.15) is 38.7 Å². The highest BCUT2D eigenvalue weighted by Crippen LogP contribution is 2.44. The van der Waals surface area contributed by atoms with E-state index in [4.69, 9.17) is 0 Å². The molecule has 2 saturated heterocycles. The summed E-state index contributed by atoms with van der Waals surface area (Å²) >= 11 is 0. The van der Waals surface area contributed by atoms with Crippen LogP contribution in [-0.4, -0.2) is 30.6 Å². The number of nitrogens with one attached hydrogen (secondary N) is 1. The Morgan fingerprint density at radius 2 is 2.05 bits per heavy atom. The van der Waals surface area contributed by atoms with E-state index in [9.17, 15) is 0 Å². The van der Waals surface area contributed by atoms with Gasteiger partial charge < -0.3 is 5.32 Å². The third kappa shape index (κ3) is 2.64. The summed E-state index contributed by atoms with van der Waals surface area (Å²) in [6.45, 7) is 9.64. The van der Waals surface area contributed by atoms with Gasteiger partial charge in [0.1, 0.15) is 0 Å². The Morgan fingerprint density at radius 3 is 2.70 bits per heavy atom. The summed E-state index contributed by atoms with van der Waals surface area (Å²) in [6.07, 6.45) is 4.13. The third-order valence-electron chi connectivity index (χ3n) is 5.28.